The van der Waals surface area contributed by atoms with E-state index in [1.165, 1.54) is 23.1 Å². The zero-order valence-corrected chi connectivity index (χ0v) is 17.8. The van der Waals surface area contributed by atoms with Gasteiger partial charge in [-0.3, -0.25) is 0 Å². The lowest BCUT2D eigenvalue weighted by atomic mass is 9.72. The molecule has 2 aliphatic rings. The summed E-state index contributed by atoms with van der Waals surface area (Å²) in [6.07, 6.45) is 11.9. The molecule has 0 saturated carbocycles. The molecule has 0 spiro atoms. The van der Waals surface area contributed by atoms with Crippen LogP contribution < -0.4 is 4.74 Å². The average molecular weight is 369 g/mol. The van der Waals surface area contributed by atoms with E-state index in [0.29, 0.717) is 12.0 Å². The molecule has 0 amide bonds. The number of allylic oxidation sites excluding steroid dienone is 4. The maximum absolute atomic E-state index is 6.60. The van der Waals surface area contributed by atoms with E-state index in [2.05, 4.69) is 71.0 Å². The van der Waals surface area contributed by atoms with Crippen LogP contribution in [0, 0.1) is 5.92 Å². The number of ether oxygens (including phenoxy) is 2. The van der Waals surface area contributed by atoms with E-state index < -0.39 is 0 Å². The fraction of sp³-hybridized carbons (Fsp3) is 0.600. The molecule has 1 aromatic rings. The Balaban J connectivity index is 1.70. The van der Waals surface area contributed by atoms with E-state index in [-0.39, 0.29) is 11.7 Å². The van der Waals surface area contributed by atoms with Crippen LogP contribution in [0.1, 0.15) is 84.8 Å². The lowest BCUT2D eigenvalue weighted by Crippen LogP contribution is -2.50. The van der Waals surface area contributed by atoms with Crippen molar-refractivity contribution in [3.8, 4) is 5.75 Å². The van der Waals surface area contributed by atoms with Crippen molar-refractivity contribution in [3.63, 3.8) is 0 Å². The lowest BCUT2D eigenvalue weighted by molar-refractivity contribution is -0.152. The molecule has 2 nitrogen and oxygen atoms in total. The van der Waals surface area contributed by atoms with E-state index in [9.17, 15) is 0 Å². The highest BCUT2D eigenvalue weighted by molar-refractivity contribution is 5.39. The lowest BCUT2D eigenvalue weighted by Gasteiger charge is -2.50. The Hall–Kier alpha value is -1.54. The second-order valence-electron chi connectivity index (χ2n) is 8.91. The molecule has 0 radical (unpaired) electrons. The first kappa shape index (κ1) is 20.2. The Kier molecular flexibility index (Phi) is 6.47. The quantitative estimate of drug-likeness (QED) is 0.496. The molecule has 0 N–H and O–H groups in total. The van der Waals surface area contributed by atoms with Gasteiger partial charge in [-0.25, -0.2) is 0 Å². The minimum absolute atomic E-state index is 0.157. The van der Waals surface area contributed by atoms with Crippen LogP contribution in [0.15, 0.2) is 47.6 Å². The standard InChI is InChI=1S/C25H36O2/c1-18(2)10-8-11-19(3)12-9-17-25(5)22-16-15-20(4)26-24(22)21-13-6-7-14-23(21)27-25/h6-7,10,12-14,20,22,24H,8-9,11,15-17H2,1-5H3/b19-12+/t20-,22-,24-,25-/m0/s1. The minimum Gasteiger partial charge on any atom is -0.487 e. The third-order valence-electron chi connectivity index (χ3n) is 6.21. The van der Waals surface area contributed by atoms with Gasteiger partial charge in [0, 0.05) is 11.5 Å². The summed E-state index contributed by atoms with van der Waals surface area (Å²) >= 11 is 0. The molecule has 0 aromatic heterocycles. The van der Waals surface area contributed by atoms with Crippen molar-refractivity contribution < 1.29 is 9.47 Å². The fourth-order valence-electron chi connectivity index (χ4n) is 4.56. The summed E-state index contributed by atoms with van der Waals surface area (Å²) in [4.78, 5) is 0. The summed E-state index contributed by atoms with van der Waals surface area (Å²) in [5, 5.41) is 0. The van der Waals surface area contributed by atoms with E-state index in [1.807, 2.05) is 0 Å². The molecule has 2 heterocycles. The Morgan fingerprint density at radius 1 is 1.11 bits per heavy atom. The normalized spacial score (nSPS) is 30.1. The van der Waals surface area contributed by atoms with Crippen LogP contribution in [0.4, 0.5) is 0 Å². The molecule has 2 heteroatoms. The van der Waals surface area contributed by atoms with Crippen molar-refractivity contribution >= 4 is 0 Å². The molecule has 1 aromatic carbocycles. The van der Waals surface area contributed by atoms with Crippen LogP contribution in [-0.4, -0.2) is 11.7 Å². The van der Waals surface area contributed by atoms with Crippen molar-refractivity contribution in [1.82, 2.24) is 0 Å². The molecular formula is C25H36O2. The highest BCUT2D eigenvalue weighted by atomic mass is 16.5. The molecule has 0 bridgehead atoms. The smallest absolute Gasteiger partial charge is 0.125 e. The average Bonchev–Trinajstić information content (AvgIpc) is 2.61. The molecule has 148 valence electrons. The zero-order chi connectivity index (χ0) is 19.4. The van der Waals surface area contributed by atoms with Gasteiger partial charge in [0.15, 0.2) is 0 Å². The Morgan fingerprint density at radius 2 is 1.89 bits per heavy atom. The second-order valence-corrected chi connectivity index (χ2v) is 8.91. The van der Waals surface area contributed by atoms with Crippen molar-refractivity contribution in [2.45, 2.75) is 91.0 Å². The summed E-state index contributed by atoms with van der Waals surface area (Å²) in [5.74, 6) is 1.45. The highest BCUT2D eigenvalue weighted by Gasteiger charge is 2.48. The van der Waals surface area contributed by atoms with Crippen LogP contribution in [0.3, 0.4) is 0 Å². The molecule has 2 aliphatic heterocycles. The highest BCUT2D eigenvalue weighted by Crippen LogP contribution is 2.51. The van der Waals surface area contributed by atoms with Gasteiger partial charge in [-0.1, -0.05) is 41.5 Å². The van der Waals surface area contributed by atoms with Gasteiger partial charge < -0.3 is 9.47 Å². The minimum atomic E-state index is -0.157. The Labute approximate surface area is 165 Å². The topological polar surface area (TPSA) is 18.5 Å². The van der Waals surface area contributed by atoms with Gasteiger partial charge in [-0.15, -0.1) is 0 Å². The summed E-state index contributed by atoms with van der Waals surface area (Å²) in [6, 6.07) is 8.45. The van der Waals surface area contributed by atoms with Crippen molar-refractivity contribution in [1.29, 1.82) is 0 Å². The first-order chi connectivity index (χ1) is 12.9. The van der Waals surface area contributed by atoms with Crippen molar-refractivity contribution in [2.75, 3.05) is 0 Å². The molecular weight excluding hydrogens is 332 g/mol. The number of hydrogen-bond donors (Lipinski definition) is 0. The number of benzene rings is 1. The van der Waals surface area contributed by atoms with Crippen molar-refractivity contribution in [3.05, 3.63) is 53.1 Å². The molecule has 4 atom stereocenters. The third-order valence-corrected chi connectivity index (χ3v) is 6.21. The van der Waals surface area contributed by atoms with Gasteiger partial charge in [-0.05, 0) is 79.2 Å². The summed E-state index contributed by atoms with van der Waals surface area (Å²) in [7, 11) is 0. The third kappa shape index (κ3) is 4.85. The summed E-state index contributed by atoms with van der Waals surface area (Å²) in [6.45, 7) is 11.1. The van der Waals surface area contributed by atoms with E-state index in [1.54, 1.807) is 0 Å². The van der Waals surface area contributed by atoms with E-state index in [0.717, 1.165) is 37.9 Å². The fourth-order valence-corrected chi connectivity index (χ4v) is 4.56. The molecule has 3 rings (SSSR count). The first-order valence-electron chi connectivity index (χ1n) is 10.6. The van der Waals surface area contributed by atoms with Gasteiger partial charge in [0.05, 0.1) is 12.2 Å². The number of fused-ring (bicyclic) bond motifs is 3. The van der Waals surface area contributed by atoms with Crippen LogP contribution in [-0.2, 0) is 4.74 Å². The van der Waals surface area contributed by atoms with Gasteiger partial charge >= 0.3 is 0 Å². The number of hydrogen-bond acceptors (Lipinski definition) is 2. The molecule has 0 aliphatic carbocycles. The zero-order valence-electron chi connectivity index (χ0n) is 17.8. The monoisotopic (exact) mass is 368 g/mol. The first-order valence-corrected chi connectivity index (χ1v) is 10.6. The SMILES string of the molecule is CC(C)=CCC/C(C)=C/CC[C@]1(C)Oc2ccccc2[C@@H]2O[C@@H](C)CC[C@@H]21. The molecule has 27 heavy (non-hydrogen) atoms. The predicted octanol–water partition coefficient (Wildman–Crippen LogP) is 7.17. The molecule has 0 unspecified atom stereocenters. The van der Waals surface area contributed by atoms with Crippen LogP contribution >= 0.6 is 0 Å². The molecule has 1 fully saturated rings. The maximum Gasteiger partial charge on any atom is 0.125 e. The predicted molar refractivity (Wildman–Crippen MR) is 113 cm³/mol. The number of rotatable bonds is 6. The van der Waals surface area contributed by atoms with Crippen LogP contribution in [0.5, 0.6) is 5.75 Å². The molecule has 1 saturated heterocycles. The van der Waals surface area contributed by atoms with Gasteiger partial charge in [0.1, 0.15) is 11.4 Å². The Morgan fingerprint density at radius 3 is 2.67 bits per heavy atom. The second kappa shape index (κ2) is 8.65. The number of para-hydroxylation sites is 1. The largest absolute Gasteiger partial charge is 0.487 e. The van der Waals surface area contributed by atoms with Crippen LogP contribution in [0.2, 0.25) is 0 Å². The van der Waals surface area contributed by atoms with Gasteiger partial charge in [0.2, 0.25) is 0 Å². The summed E-state index contributed by atoms with van der Waals surface area (Å²) in [5.41, 5.74) is 3.97. The van der Waals surface area contributed by atoms with Crippen LogP contribution in [0.25, 0.3) is 0 Å². The summed E-state index contributed by atoms with van der Waals surface area (Å²) < 4.78 is 13.0. The Bertz CT molecular complexity index is 698. The van der Waals surface area contributed by atoms with Gasteiger partial charge in [-0.2, -0.15) is 0 Å². The van der Waals surface area contributed by atoms with E-state index >= 15 is 0 Å². The maximum atomic E-state index is 6.60. The van der Waals surface area contributed by atoms with Gasteiger partial charge in [0.25, 0.3) is 0 Å². The van der Waals surface area contributed by atoms with Crippen molar-refractivity contribution in [2.24, 2.45) is 5.92 Å². The van der Waals surface area contributed by atoms with E-state index in [4.69, 9.17) is 9.47 Å².